The van der Waals surface area contributed by atoms with Crippen LogP contribution in [-0.2, 0) is 6.18 Å². The summed E-state index contributed by atoms with van der Waals surface area (Å²) in [5, 5.41) is 3.00. The van der Waals surface area contributed by atoms with Crippen molar-refractivity contribution in [3.05, 3.63) is 23.8 Å². The second kappa shape index (κ2) is 4.57. The monoisotopic (exact) mass is 284 g/mol. The predicted molar refractivity (Wildman–Crippen MR) is 74.1 cm³/mol. The largest absolute Gasteiger partial charge is 0.416 e. The Bertz CT molecular complexity index is 496. The summed E-state index contributed by atoms with van der Waals surface area (Å²) in [5.74, 6) is 0. The number of piperidine rings is 1. The molecule has 1 heterocycles. The maximum atomic E-state index is 12.9. The normalized spacial score (nSPS) is 21.1. The van der Waals surface area contributed by atoms with Gasteiger partial charge in [0.2, 0.25) is 0 Å². The highest BCUT2D eigenvalue weighted by Crippen LogP contribution is 2.54. The fraction of sp³-hybridized carbons (Fsp3) is 0.600. The van der Waals surface area contributed by atoms with Crippen molar-refractivity contribution in [2.24, 2.45) is 5.41 Å². The van der Waals surface area contributed by atoms with Crippen LogP contribution in [0.1, 0.15) is 31.2 Å². The molecule has 0 amide bonds. The van der Waals surface area contributed by atoms with Gasteiger partial charge < -0.3 is 10.2 Å². The lowest BCUT2D eigenvalue weighted by molar-refractivity contribution is -0.137. The number of alkyl halides is 3. The lowest BCUT2D eigenvalue weighted by atomic mass is 9.93. The minimum atomic E-state index is -4.28. The summed E-state index contributed by atoms with van der Waals surface area (Å²) in [6.45, 7) is 1.71. The molecule has 20 heavy (non-hydrogen) atoms. The van der Waals surface area contributed by atoms with Gasteiger partial charge in [-0.1, -0.05) is 0 Å². The molecule has 0 radical (unpaired) electrons. The van der Waals surface area contributed by atoms with Crippen molar-refractivity contribution in [1.29, 1.82) is 0 Å². The molecule has 110 valence electrons. The van der Waals surface area contributed by atoms with Crippen LogP contribution in [0.2, 0.25) is 0 Å². The Morgan fingerprint density at radius 3 is 2.25 bits per heavy atom. The number of nitrogens with zero attached hydrogens (tertiary/aromatic N) is 1. The summed E-state index contributed by atoms with van der Waals surface area (Å²) >= 11 is 0. The van der Waals surface area contributed by atoms with Crippen LogP contribution in [0.15, 0.2) is 18.2 Å². The van der Waals surface area contributed by atoms with Gasteiger partial charge in [-0.05, 0) is 49.3 Å². The average molecular weight is 284 g/mol. The molecule has 3 rings (SSSR count). The Balaban J connectivity index is 1.86. The zero-order valence-corrected chi connectivity index (χ0v) is 11.6. The summed E-state index contributed by atoms with van der Waals surface area (Å²) in [6, 6.07) is 3.94. The number of hydrogen-bond acceptors (Lipinski definition) is 2. The van der Waals surface area contributed by atoms with E-state index in [9.17, 15) is 13.2 Å². The predicted octanol–water partition coefficient (Wildman–Crippen LogP) is 4.13. The van der Waals surface area contributed by atoms with Crippen molar-refractivity contribution in [2.75, 3.05) is 30.4 Å². The molecule has 0 aromatic heterocycles. The SMILES string of the molecule is CNc1ccc(C(F)(F)F)cc1N1CCC2(CC1)CC2. The van der Waals surface area contributed by atoms with Crippen LogP contribution in [0.5, 0.6) is 0 Å². The maximum Gasteiger partial charge on any atom is 0.416 e. The minimum Gasteiger partial charge on any atom is -0.386 e. The highest BCUT2D eigenvalue weighted by molar-refractivity contribution is 5.71. The molecule has 1 aromatic carbocycles. The molecule has 1 N–H and O–H groups in total. The standard InChI is InChI=1S/C15H19F3N2/c1-19-12-3-2-11(15(16,17)18)10-13(12)20-8-6-14(4-5-14)7-9-20/h2-3,10,19H,4-9H2,1H3. The number of rotatable bonds is 2. The Morgan fingerprint density at radius 1 is 1.10 bits per heavy atom. The van der Waals surface area contributed by atoms with E-state index in [0.717, 1.165) is 37.7 Å². The third kappa shape index (κ3) is 2.45. The quantitative estimate of drug-likeness (QED) is 0.878. The van der Waals surface area contributed by atoms with Crippen LogP contribution in [0.25, 0.3) is 0 Å². The summed E-state index contributed by atoms with van der Waals surface area (Å²) in [6.07, 6.45) is 0.512. The summed E-state index contributed by atoms with van der Waals surface area (Å²) < 4.78 is 38.6. The number of halogens is 3. The molecule has 0 atom stereocenters. The van der Waals surface area contributed by atoms with Gasteiger partial charge in [0.05, 0.1) is 16.9 Å². The Labute approximate surface area is 117 Å². The number of nitrogens with one attached hydrogen (secondary N) is 1. The van der Waals surface area contributed by atoms with Gasteiger partial charge >= 0.3 is 6.18 Å². The molecule has 5 heteroatoms. The van der Waals surface area contributed by atoms with Gasteiger partial charge in [0.25, 0.3) is 0 Å². The minimum absolute atomic E-state index is 0.526. The Morgan fingerprint density at radius 2 is 1.75 bits per heavy atom. The fourth-order valence-corrected chi connectivity index (χ4v) is 3.08. The molecular formula is C15H19F3N2. The zero-order chi connectivity index (χ0) is 14.4. The van der Waals surface area contributed by atoms with Crippen LogP contribution >= 0.6 is 0 Å². The van der Waals surface area contributed by atoms with E-state index >= 15 is 0 Å². The maximum absolute atomic E-state index is 12.9. The van der Waals surface area contributed by atoms with Gasteiger partial charge in [-0.2, -0.15) is 13.2 Å². The van der Waals surface area contributed by atoms with E-state index in [0.29, 0.717) is 11.1 Å². The molecular weight excluding hydrogens is 265 g/mol. The van der Waals surface area contributed by atoms with Crippen LogP contribution in [-0.4, -0.2) is 20.1 Å². The smallest absolute Gasteiger partial charge is 0.386 e. The van der Waals surface area contributed by atoms with E-state index in [-0.39, 0.29) is 0 Å². The van der Waals surface area contributed by atoms with Crippen LogP contribution < -0.4 is 10.2 Å². The molecule has 1 aliphatic heterocycles. The number of anilines is 2. The summed E-state index contributed by atoms with van der Waals surface area (Å²) in [5.41, 5.74) is 1.40. The lowest BCUT2D eigenvalue weighted by Gasteiger charge is -2.35. The summed E-state index contributed by atoms with van der Waals surface area (Å²) in [7, 11) is 1.75. The highest BCUT2D eigenvalue weighted by Gasteiger charge is 2.44. The van der Waals surface area contributed by atoms with Gasteiger partial charge in [-0.3, -0.25) is 0 Å². The number of hydrogen-bond donors (Lipinski definition) is 1. The molecule has 2 nitrogen and oxygen atoms in total. The molecule has 1 aliphatic carbocycles. The summed E-state index contributed by atoms with van der Waals surface area (Å²) in [4.78, 5) is 2.09. The first-order valence-electron chi connectivity index (χ1n) is 7.08. The molecule has 1 aromatic rings. The molecule has 2 aliphatic rings. The van der Waals surface area contributed by atoms with E-state index in [4.69, 9.17) is 0 Å². The van der Waals surface area contributed by atoms with Gasteiger partial charge in [-0.15, -0.1) is 0 Å². The molecule has 2 fully saturated rings. The van der Waals surface area contributed by atoms with Crippen molar-refractivity contribution < 1.29 is 13.2 Å². The Hall–Kier alpha value is -1.39. The van der Waals surface area contributed by atoms with Crippen molar-refractivity contribution >= 4 is 11.4 Å². The Kier molecular flexibility index (Phi) is 3.10. The van der Waals surface area contributed by atoms with E-state index in [1.54, 1.807) is 7.05 Å². The third-order valence-electron chi connectivity index (χ3n) is 4.72. The first kappa shape index (κ1) is 13.6. The van der Waals surface area contributed by atoms with E-state index in [1.165, 1.54) is 25.0 Å². The van der Waals surface area contributed by atoms with E-state index in [1.807, 2.05) is 0 Å². The second-order valence-electron chi connectivity index (χ2n) is 5.97. The highest BCUT2D eigenvalue weighted by atomic mass is 19.4. The zero-order valence-electron chi connectivity index (χ0n) is 11.6. The molecule has 0 bridgehead atoms. The topological polar surface area (TPSA) is 15.3 Å². The first-order valence-corrected chi connectivity index (χ1v) is 7.08. The lowest BCUT2D eigenvalue weighted by Crippen LogP contribution is -2.35. The first-order chi connectivity index (χ1) is 9.43. The van der Waals surface area contributed by atoms with Gasteiger partial charge in [0.1, 0.15) is 0 Å². The van der Waals surface area contributed by atoms with Crippen molar-refractivity contribution in [3.63, 3.8) is 0 Å². The van der Waals surface area contributed by atoms with Gasteiger partial charge in [-0.25, -0.2) is 0 Å². The molecule has 1 saturated heterocycles. The van der Waals surface area contributed by atoms with Crippen molar-refractivity contribution in [3.8, 4) is 0 Å². The molecule has 0 unspecified atom stereocenters. The van der Waals surface area contributed by atoms with E-state index in [2.05, 4.69) is 10.2 Å². The van der Waals surface area contributed by atoms with Crippen molar-refractivity contribution in [1.82, 2.24) is 0 Å². The molecule has 1 saturated carbocycles. The van der Waals surface area contributed by atoms with Crippen LogP contribution in [0.4, 0.5) is 24.5 Å². The van der Waals surface area contributed by atoms with Gasteiger partial charge in [0.15, 0.2) is 0 Å². The van der Waals surface area contributed by atoms with Gasteiger partial charge in [0, 0.05) is 20.1 Å². The van der Waals surface area contributed by atoms with E-state index < -0.39 is 11.7 Å². The van der Waals surface area contributed by atoms with Crippen LogP contribution in [0.3, 0.4) is 0 Å². The molecule has 1 spiro atoms. The fourth-order valence-electron chi connectivity index (χ4n) is 3.08. The average Bonchev–Trinajstić information content (AvgIpc) is 3.17. The number of benzene rings is 1. The second-order valence-corrected chi connectivity index (χ2v) is 5.97. The van der Waals surface area contributed by atoms with Crippen LogP contribution in [0, 0.1) is 5.41 Å². The third-order valence-corrected chi connectivity index (χ3v) is 4.72. The van der Waals surface area contributed by atoms with Crippen molar-refractivity contribution in [2.45, 2.75) is 31.9 Å².